The first kappa shape index (κ1) is 16.9. The molecule has 0 aromatic heterocycles. The maximum atomic E-state index is 12.5. The number of carbonyl (C=O) groups is 2. The van der Waals surface area contributed by atoms with E-state index in [9.17, 15) is 9.59 Å². The fourth-order valence-electron chi connectivity index (χ4n) is 2.98. The van der Waals surface area contributed by atoms with Crippen molar-refractivity contribution in [2.24, 2.45) is 0 Å². The molecule has 3 rings (SSSR count). The van der Waals surface area contributed by atoms with Crippen molar-refractivity contribution in [1.82, 2.24) is 15.1 Å². The molecule has 1 aromatic carbocycles. The van der Waals surface area contributed by atoms with Crippen LogP contribution >= 0.6 is 0 Å². The lowest BCUT2D eigenvalue weighted by Crippen LogP contribution is -2.46. The number of ether oxygens (including phenoxy) is 1. The molecule has 0 bridgehead atoms. The van der Waals surface area contributed by atoms with Crippen LogP contribution in [-0.4, -0.2) is 67.6 Å². The summed E-state index contributed by atoms with van der Waals surface area (Å²) >= 11 is 0. The molecular weight excluding hydrogens is 306 g/mol. The molecule has 6 heteroatoms. The molecule has 0 unspecified atom stereocenters. The fraction of sp³-hybridized carbons (Fsp3) is 0.556. The van der Waals surface area contributed by atoms with Gasteiger partial charge in [0, 0.05) is 38.3 Å². The average Bonchev–Trinajstić information content (AvgIpc) is 3.47. The van der Waals surface area contributed by atoms with Crippen LogP contribution in [0.4, 0.5) is 0 Å². The summed E-state index contributed by atoms with van der Waals surface area (Å²) in [5.74, 6) is 0.107. The van der Waals surface area contributed by atoms with E-state index in [1.807, 2.05) is 29.2 Å². The smallest absolute Gasteiger partial charge is 0.251 e. The van der Waals surface area contributed by atoms with E-state index < -0.39 is 0 Å². The number of rotatable bonds is 6. The van der Waals surface area contributed by atoms with Gasteiger partial charge in [-0.05, 0) is 30.5 Å². The van der Waals surface area contributed by atoms with Crippen LogP contribution in [0.2, 0.25) is 0 Å². The molecule has 1 saturated heterocycles. The summed E-state index contributed by atoms with van der Waals surface area (Å²) in [5, 5.41) is 2.62. The van der Waals surface area contributed by atoms with Crippen LogP contribution in [0.25, 0.3) is 0 Å². The molecule has 130 valence electrons. The molecule has 0 radical (unpaired) electrons. The minimum atomic E-state index is -0.0805. The largest absolute Gasteiger partial charge is 0.378 e. The predicted octanol–water partition coefficient (Wildman–Crippen LogP) is 0.869. The molecular formula is C18H25N3O3. The second-order valence-corrected chi connectivity index (χ2v) is 6.41. The second kappa shape index (κ2) is 7.77. The van der Waals surface area contributed by atoms with Gasteiger partial charge in [-0.3, -0.25) is 14.5 Å². The van der Waals surface area contributed by atoms with E-state index in [1.54, 1.807) is 7.05 Å². The lowest BCUT2D eigenvalue weighted by Gasteiger charge is -2.30. The van der Waals surface area contributed by atoms with Crippen molar-refractivity contribution < 1.29 is 14.3 Å². The molecule has 0 spiro atoms. The highest BCUT2D eigenvalue weighted by Gasteiger charge is 2.31. The Labute approximate surface area is 142 Å². The number of carbonyl (C=O) groups excluding carboxylic acids is 2. The lowest BCUT2D eigenvalue weighted by molar-refractivity contribution is -0.136. The molecule has 1 saturated carbocycles. The molecule has 2 fully saturated rings. The number of nitrogens with one attached hydrogen (secondary N) is 1. The Kier molecular flexibility index (Phi) is 5.48. The summed E-state index contributed by atoms with van der Waals surface area (Å²) in [4.78, 5) is 28.2. The molecule has 1 heterocycles. The maximum Gasteiger partial charge on any atom is 0.251 e. The van der Waals surface area contributed by atoms with Crippen LogP contribution in [0.15, 0.2) is 24.3 Å². The topological polar surface area (TPSA) is 61.9 Å². The van der Waals surface area contributed by atoms with Gasteiger partial charge in [0.1, 0.15) is 0 Å². The first-order valence-corrected chi connectivity index (χ1v) is 8.58. The normalized spacial score (nSPS) is 17.8. The van der Waals surface area contributed by atoms with Crippen molar-refractivity contribution in [3.05, 3.63) is 35.4 Å². The maximum absolute atomic E-state index is 12.5. The Morgan fingerprint density at radius 3 is 2.46 bits per heavy atom. The van der Waals surface area contributed by atoms with Crippen molar-refractivity contribution in [3.8, 4) is 0 Å². The fourth-order valence-corrected chi connectivity index (χ4v) is 2.98. The van der Waals surface area contributed by atoms with Gasteiger partial charge in [-0.15, -0.1) is 0 Å². The molecule has 0 atom stereocenters. The molecule has 24 heavy (non-hydrogen) atoms. The van der Waals surface area contributed by atoms with Crippen molar-refractivity contribution in [2.45, 2.75) is 25.4 Å². The third-order valence-electron chi connectivity index (χ3n) is 4.59. The van der Waals surface area contributed by atoms with E-state index in [2.05, 4.69) is 10.2 Å². The van der Waals surface area contributed by atoms with E-state index in [4.69, 9.17) is 4.74 Å². The zero-order valence-electron chi connectivity index (χ0n) is 14.2. The van der Waals surface area contributed by atoms with E-state index in [0.29, 0.717) is 44.5 Å². The monoisotopic (exact) mass is 331 g/mol. The molecule has 6 nitrogen and oxygen atoms in total. The molecule has 1 N–H and O–H groups in total. The van der Waals surface area contributed by atoms with Crippen LogP contribution < -0.4 is 5.32 Å². The summed E-state index contributed by atoms with van der Waals surface area (Å²) in [6.45, 7) is 3.86. The minimum absolute atomic E-state index is 0.0805. The predicted molar refractivity (Wildman–Crippen MR) is 90.7 cm³/mol. The standard InChI is InChI=1S/C18H25N3O3/c1-19-18(23)15-4-2-14(3-5-15)12-21(16-6-7-16)13-17(22)20-8-10-24-11-9-20/h2-5,16H,6-13H2,1H3,(H,19,23). The highest BCUT2D eigenvalue weighted by atomic mass is 16.5. The SMILES string of the molecule is CNC(=O)c1ccc(CN(CC(=O)N2CCOCC2)C2CC2)cc1. The number of benzene rings is 1. The minimum Gasteiger partial charge on any atom is -0.378 e. The Morgan fingerprint density at radius 1 is 1.21 bits per heavy atom. The van der Waals surface area contributed by atoms with Gasteiger partial charge >= 0.3 is 0 Å². The van der Waals surface area contributed by atoms with Gasteiger partial charge in [-0.2, -0.15) is 0 Å². The van der Waals surface area contributed by atoms with Crippen molar-refractivity contribution >= 4 is 11.8 Å². The van der Waals surface area contributed by atoms with Crippen molar-refractivity contribution in [3.63, 3.8) is 0 Å². The van der Waals surface area contributed by atoms with Gasteiger partial charge in [0.2, 0.25) is 5.91 Å². The molecule has 1 aliphatic carbocycles. The summed E-state index contributed by atoms with van der Waals surface area (Å²) in [5.41, 5.74) is 1.79. The van der Waals surface area contributed by atoms with Gasteiger partial charge in [0.05, 0.1) is 19.8 Å². The number of hydrogen-bond donors (Lipinski definition) is 1. The molecule has 1 aromatic rings. The van der Waals surface area contributed by atoms with Crippen LogP contribution in [0.3, 0.4) is 0 Å². The third kappa shape index (κ3) is 4.33. The first-order valence-electron chi connectivity index (χ1n) is 8.58. The van der Waals surface area contributed by atoms with Crippen molar-refractivity contribution in [2.75, 3.05) is 39.9 Å². The van der Waals surface area contributed by atoms with Crippen molar-refractivity contribution in [1.29, 1.82) is 0 Å². The van der Waals surface area contributed by atoms with Gasteiger partial charge in [-0.25, -0.2) is 0 Å². The van der Waals surface area contributed by atoms with Crippen LogP contribution in [0.1, 0.15) is 28.8 Å². The summed E-state index contributed by atoms with van der Waals surface area (Å²) in [7, 11) is 1.63. The highest BCUT2D eigenvalue weighted by molar-refractivity contribution is 5.93. The van der Waals surface area contributed by atoms with E-state index in [1.165, 1.54) is 0 Å². The Balaban J connectivity index is 1.59. The van der Waals surface area contributed by atoms with E-state index >= 15 is 0 Å². The van der Waals surface area contributed by atoms with Crippen LogP contribution in [0, 0.1) is 0 Å². The van der Waals surface area contributed by atoms with Crippen LogP contribution in [0.5, 0.6) is 0 Å². The Hall–Kier alpha value is -1.92. The zero-order chi connectivity index (χ0) is 16.9. The summed E-state index contributed by atoms with van der Waals surface area (Å²) in [6.07, 6.45) is 2.32. The van der Waals surface area contributed by atoms with Gasteiger partial charge in [-0.1, -0.05) is 12.1 Å². The van der Waals surface area contributed by atoms with Gasteiger partial charge in [0.15, 0.2) is 0 Å². The summed E-state index contributed by atoms with van der Waals surface area (Å²) < 4.78 is 5.31. The zero-order valence-corrected chi connectivity index (χ0v) is 14.2. The Morgan fingerprint density at radius 2 is 1.88 bits per heavy atom. The van der Waals surface area contributed by atoms with Crippen LogP contribution in [-0.2, 0) is 16.1 Å². The number of hydrogen-bond acceptors (Lipinski definition) is 4. The van der Waals surface area contributed by atoms with E-state index in [0.717, 1.165) is 24.9 Å². The summed E-state index contributed by atoms with van der Waals surface area (Å²) in [6, 6.07) is 8.12. The first-order chi connectivity index (χ1) is 11.7. The Bertz CT molecular complexity index is 578. The average molecular weight is 331 g/mol. The number of amides is 2. The third-order valence-corrected chi connectivity index (χ3v) is 4.59. The number of morpholine rings is 1. The molecule has 2 aliphatic rings. The molecule has 2 amide bonds. The van der Waals surface area contributed by atoms with Gasteiger partial charge in [0.25, 0.3) is 5.91 Å². The lowest BCUT2D eigenvalue weighted by atomic mass is 10.1. The number of nitrogens with zero attached hydrogens (tertiary/aromatic N) is 2. The van der Waals surface area contributed by atoms with Gasteiger partial charge < -0.3 is 15.0 Å². The molecule has 1 aliphatic heterocycles. The quantitative estimate of drug-likeness (QED) is 0.840. The van der Waals surface area contributed by atoms with E-state index in [-0.39, 0.29) is 11.8 Å². The second-order valence-electron chi connectivity index (χ2n) is 6.41. The highest BCUT2D eigenvalue weighted by Crippen LogP contribution is 2.28.